The van der Waals surface area contributed by atoms with E-state index in [0.717, 1.165) is 15.2 Å². The number of nitrogens with one attached hydrogen (secondary N) is 1. The number of carbonyl (C=O) groups excluding carboxylic acids is 1. The third-order valence-electron chi connectivity index (χ3n) is 5.36. The topological polar surface area (TPSA) is 121 Å². The second-order valence-corrected chi connectivity index (χ2v) is 9.28. The fraction of sp³-hybridized carbons (Fsp3) is 0.381. The van der Waals surface area contributed by atoms with Gasteiger partial charge in [-0.2, -0.15) is 13.2 Å². The molecule has 0 spiro atoms. The third kappa shape index (κ3) is 4.76. The van der Waals surface area contributed by atoms with Gasteiger partial charge in [-0.3, -0.25) is 22.9 Å². The summed E-state index contributed by atoms with van der Waals surface area (Å²) < 4.78 is 55.2. The summed E-state index contributed by atoms with van der Waals surface area (Å²) in [6.07, 6.45) is -2.06. The Kier molecular flexibility index (Phi) is 6.14. The van der Waals surface area contributed by atoms with Gasteiger partial charge < -0.3 is 9.88 Å². The first-order valence-corrected chi connectivity index (χ1v) is 11.8. The number of hydrogen-bond donors (Lipinski definition) is 1. The van der Waals surface area contributed by atoms with E-state index in [0.29, 0.717) is 12.8 Å². The lowest BCUT2D eigenvalue weighted by molar-refractivity contribution is -0.141. The molecule has 35 heavy (non-hydrogen) atoms. The summed E-state index contributed by atoms with van der Waals surface area (Å²) in [4.78, 5) is 44.9. The molecule has 10 nitrogen and oxygen atoms in total. The fourth-order valence-electron chi connectivity index (χ4n) is 3.41. The van der Waals surface area contributed by atoms with Gasteiger partial charge in [0, 0.05) is 31.8 Å². The van der Waals surface area contributed by atoms with Crippen LogP contribution in [0, 0.1) is 17.8 Å². The highest BCUT2D eigenvalue weighted by molar-refractivity contribution is 7.84. The van der Waals surface area contributed by atoms with E-state index in [1.807, 2.05) is 0 Å². The molecule has 1 fully saturated rings. The molecule has 0 radical (unpaired) electrons. The fourth-order valence-corrected chi connectivity index (χ4v) is 4.11. The van der Waals surface area contributed by atoms with Gasteiger partial charge in [0.25, 0.3) is 5.56 Å². The maximum atomic E-state index is 13.3. The van der Waals surface area contributed by atoms with Gasteiger partial charge in [-0.1, -0.05) is 11.8 Å². The lowest BCUT2D eigenvalue weighted by atomic mass is 10.2. The Balaban J connectivity index is 1.75. The van der Waals surface area contributed by atoms with E-state index in [1.165, 1.54) is 31.0 Å². The smallest absolute Gasteiger partial charge is 0.314 e. The van der Waals surface area contributed by atoms with Crippen LogP contribution < -0.4 is 16.6 Å². The molecule has 0 saturated heterocycles. The molecular weight excluding hydrogens is 489 g/mol. The Morgan fingerprint density at radius 1 is 1.20 bits per heavy atom. The van der Waals surface area contributed by atoms with Gasteiger partial charge in [0.2, 0.25) is 11.1 Å². The largest absolute Gasteiger partial charge is 0.433 e. The summed E-state index contributed by atoms with van der Waals surface area (Å²) in [7, 11) is 1.20. The maximum absolute atomic E-state index is 13.3. The van der Waals surface area contributed by atoms with E-state index in [2.05, 4.69) is 27.1 Å². The number of nitrogens with zero attached hydrogens (tertiary/aromatic N) is 5. The van der Waals surface area contributed by atoms with Crippen LogP contribution in [0.25, 0.3) is 11.2 Å². The molecule has 1 saturated carbocycles. The minimum Gasteiger partial charge on any atom is -0.314 e. The van der Waals surface area contributed by atoms with Crippen molar-refractivity contribution in [2.45, 2.75) is 30.7 Å². The number of halogens is 3. The first kappa shape index (κ1) is 24.4. The molecule has 3 heterocycles. The highest BCUT2D eigenvalue weighted by Crippen LogP contribution is 2.32. The Labute approximate surface area is 198 Å². The number of carbonyl (C=O) groups is 1. The lowest BCUT2D eigenvalue weighted by Gasteiger charge is -2.10. The molecule has 1 N–H and O–H groups in total. The molecule has 4 rings (SSSR count). The molecule has 0 aliphatic heterocycles. The Bertz CT molecular complexity index is 1570. The van der Waals surface area contributed by atoms with Crippen LogP contribution in [0.3, 0.4) is 0 Å². The molecule has 3 aromatic heterocycles. The molecule has 1 unspecified atom stereocenters. The van der Waals surface area contributed by atoms with Crippen molar-refractivity contribution in [1.29, 1.82) is 0 Å². The Hall–Kier alpha value is -3.73. The summed E-state index contributed by atoms with van der Waals surface area (Å²) in [5.41, 5.74) is -2.69. The minimum atomic E-state index is -4.77. The van der Waals surface area contributed by atoms with Crippen molar-refractivity contribution in [3.05, 3.63) is 44.2 Å². The van der Waals surface area contributed by atoms with Crippen molar-refractivity contribution >= 4 is 33.7 Å². The van der Waals surface area contributed by atoms with Gasteiger partial charge in [0.1, 0.15) is 11.5 Å². The van der Waals surface area contributed by atoms with Crippen LogP contribution in [-0.4, -0.2) is 40.0 Å². The number of imidazole rings is 1. The Morgan fingerprint density at radius 3 is 2.49 bits per heavy atom. The van der Waals surface area contributed by atoms with E-state index >= 15 is 0 Å². The van der Waals surface area contributed by atoms with Crippen LogP contribution in [-0.2, 0) is 42.4 Å². The van der Waals surface area contributed by atoms with Crippen molar-refractivity contribution < 1.29 is 22.2 Å². The van der Waals surface area contributed by atoms with Gasteiger partial charge in [0.05, 0.1) is 17.3 Å². The normalized spacial score (nSPS) is 14.5. The molecule has 14 heteroatoms. The van der Waals surface area contributed by atoms with Crippen LogP contribution in [0.15, 0.2) is 26.9 Å². The number of alkyl halides is 3. The van der Waals surface area contributed by atoms with E-state index in [9.17, 15) is 31.8 Å². The summed E-state index contributed by atoms with van der Waals surface area (Å²) in [5, 5.41) is 2.45. The van der Waals surface area contributed by atoms with Crippen molar-refractivity contribution in [3.63, 3.8) is 0 Å². The first-order valence-electron chi connectivity index (χ1n) is 10.3. The lowest BCUT2D eigenvalue weighted by Crippen LogP contribution is -2.38. The number of fused-ring (bicyclic) bond motifs is 1. The zero-order valence-electron chi connectivity index (χ0n) is 18.8. The number of aryl methyl sites for hydroxylation is 1. The van der Waals surface area contributed by atoms with Gasteiger partial charge in [-0.25, -0.2) is 14.8 Å². The molecule has 0 aromatic carbocycles. The predicted octanol–water partition coefficient (Wildman–Crippen LogP) is 0.985. The van der Waals surface area contributed by atoms with Gasteiger partial charge in [0.15, 0.2) is 11.2 Å². The standard InChI is InChI=1S/C21H19F3N6O4S/c1-28-15-16(27-19(28)35(3)34)30(20(33)29(2)18(15)32)8-4-5-11-9-13(21(22,23)24)25-14(10-11)26-17(31)12-6-7-12/h9-10,12H,6-8H2,1-3H3,(H,25,26,31). The zero-order valence-corrected chi connectivity index (χ0v) is 19.6. The highest BCUT2D eigenvalue weighted by Gasteiger charge is 2.34. The van der Waals surface area contributed by atoms with Crippen molar-refractivity contribution in [1.82, 2.24) is 23.7 Å². The first-order chi connectivity index (χ1) is 16.4. The van der Waals surface area contributed by atoms with Crippen LogP contribution in [0.1, 0.15) is 24.1 Å². The van der Waals surface area contributed by atoms with Gasteiger partial charge >= 0.3 is 11.9 Å². The second kappa shape index (κ2) is 8.81. The van der Waals surface area contributed by atoms with Crippen LogP contribution >= 0.6 is 0 Å². The predicted molar refractivity (Wildman–Crippen MR) is 120 cm³/mol. The Morgan fingerprint density at radius 2 is 1.89 bits per heavy atom. The number of hydrogen-bond acceptors (Lipinski definition) is 6. The summed E-state index contributed by atoms with van der Waals surface area (Å²) in [6.45, 7) is -0.316. The quantitative estimate of drug-likeness (QED) is 0.525. The zero-order chi connectivity index (χ0) is 25.7. The van der Waals surface area contributed by atoms with Crippen LogP contribution in [0.4, 0.5) is 19.0 Å². The molecule has 184 valence electrons. The van der Waals surface area contributed by atoms with E-state index in [4.69, 9.17) is 0 Å². The SMILES string of the molecule is Cn1c(=O)c2c(nc(S(C)=O)n2C)n(CC#Cc2cc(NC(=O)C3CC3)nc(C(F)(F)F)c2)c1=O. The molecule has 1 aliphatic rings. The summed E-state index contributed by atoms with van der Waals surface area (Å²) in [5.74, 6) is 4.25. The second-order valence-electron chi connectivity index (χ2n) is 8.00. The number of pyridine rings is 1. The summed E-state index contributed by atoms with van der Waals surface area (Å²) >= 11 is 0. The molecule has 1 aliphatic carbocycles. The molecule has 1 atom stereocenters. The third-order valence-corrected chi connectivity index (χ3v) is 6.24. The number of amides is 1. The minimum absolute atomic E-state index is 0.0347. The number of anilines is 1. The number of aromatic nitrogens is 5. The maximum Gasteiger partial charge on any atom is 0.433 e. The molecule has 0 bridgehead atoms. The van der Waals surface area contributed by atoms with Crippen molar-refractivity contribution in [2.75, 3.05) is 11.6 Å². The number of rotatable bonds is 4. The van der Waals surface area contributed by atoms with Crippen molar-refractivity contribution in [3.8, 4) is 11.8 Å². The van der Waals surface area contributed by atoms with E-state index in [-0.39, 0.29) is 40.2 Å². The molecular formula is C21H19F3N6O4S. The molecule has 3 aromatic rings. The van der Waals surface area contributed by atoms with Crippen LogP contribution in [0.5, 0.6) is 0 Å². The average Bonchev–Trinajstić information content (AvgIpc) is 3.57. The van der Waals surface area contributed by atoms with E-state index in [1.54, 1.807) is 0 Å². The van der Waals surface area contributed by atoms with Crippen molar-refractivity contribution in [2.24, 2.45) is 20.0 Å². The summed E-state index contributed by atoms with van der Waals surface area (Å²) in [6, 6.07) is 1.94. The van der Waals surface area contributed by atoms with E-state index < -0.39 is 39.8 Å². The monoisotopic (exact) mass is 508 g/mol. The van der Waals surface area contributed by atoms with Crippen LogP contribution in [0.2, 0.25) is 0 Å². The highest BCUT2D eigenvalue weighted by atomic mass is 32.2. The van der Waals surface area contributed by atoms with Gasteiger partial charge in [-0.05, 0) is 25.0 Å². The molecule has 1 amide bonds. The average molecular weight is 508 g/mol. The van der Waals surface area contributed by atoms with Gasteiger partial charge in [-0.15, -0.1) is 0 Å².